The quantitative estimate of drug-likeness (QED) is 0.448. The number of carbonyl (C=O) groups excluding carboxylic acids is 1. The van der Waals surface area contributed by atoms with Crippen LogP contribution in [-0.4, -0.2) is 72.8 Å². The van der Waals surface area contributed by atoms with Crippen LogP contribution in [0.5, 0.6) is 0 Å². The SMILES string of the molecule is CNCc1ccc(-c2nnc(-c3nc(N4CC[C@@H](OC(=O)NCCOC)C4)cnc3C)o2)cc1.[HH].[HH].[HH]. The van der Waals surface area contributed by atoms with Crippen molar-refractivity contribution in [3.63, 3.8) is 0 Å². The molecule has 3 heterocycles. The first-order valence-corrected chi connectivity index (χ1v) is 11.2. The Morgan fingerprint density at radius 3 is 2.82 bits per heavy atom. The van der Waals surface area contributed by atoms with Crippen molar-refractivity contribution in [3.8, 4) is 23.0 Å². The molecule has 1 amide bonds. The van der Waals surface area contributed by atoms with Gasteiger partial charge in [0.15, 0.2) is 5.69 Å². The first kappa shape index (κ1) is 23.6. The lowest BCUT2D eigenvalue weighted by Crippen LogP contribution is -2.32. The lowest BCUT2D eigenvalue weighted by Gasteiger charge is -2.18. The number of rotatable bonds is 9. The summed E-state index contributed by atoms with van der Waals surface area (Å²) < 4.78 is 16.3. The molecule has 0 unspecified atom stereocenters. The third kappa shape index (κ3) is 5.67. The van der Waals surface area contributed by atoms with Gasteiger partial charge in [-0.15, -0.1) is 10.2 Å². The second-order valence-electron chi connectivity index (χ2n) is 7.98. The summed E-state index contributed by atoms with van der Waals surface area (Å²) in [6.45, 7) is 4.71. The van der Waals surface area contributed by atoms with Crippen molar-refractivity contribution in [1.82, 2.24) is 30.8 Å². The number of alkyl carbamates (subject to hydrolysis) is 1. The summed E-state index contributed by atoms with van der Waals surface area (Å²) in [5, 5.41) is 14.2. The molecular weight excluding hydrogens is 438 g/mol. The van der Waals surface area contributed by atoms with E-state index >= 15 is 0 Å². The fourth-order valence-electron chi connectivity index (χ4n) is 3.68. The van der Waals surface area contributed by atoms with Gasteiger partial charge in [0, 0.05) is 43.0 Å². The summed E-state index contributed by atoms with van der Waals surface area (Å²) in [4.78, 5) is 23.1. The maximum atomic E-state index is 11.9. The zero-order valence-electron chi connectivity index (χ0n) is 19.6. The molecule has 0 spiro atoms. The summed E-state index contributed by atoms with van der Waals surface area (Å²) >= 11 is 0. The van der Waals surface area contributed by atoms with Crippen molar-refractivity contribution in [2.24, 2.45) is 0 Å². The van der Waals surface area contributed by atoms with Gasteiger partial charge in [-0.25, -0.2) is 9.78 Å². The molecule has 186 valence electrons. The molecule has 2 N–H and O–H groups in total. The summed E-state index contributed by atoms with van der Waals surface area (Å²) in [6.07, 6.45) is 1.74. The average molecular weight is 474 g/mol. The Morgan fingerprint density at radius 1 is 1.26 bits per heavy atom. The Morgan fingerprint density at radius 2 is 2.06 bits per heavy atom. The van der Waals surface area contributed by atoms with Gasteiger partial charge in [-0.2, -0.15) is 0 Å². The molecule has 0 radical (unpaired) electrons. The minimum atomic E-state index is -0.447. The highest BCUT2D eigenvalue weighted by Crippen LogP contribution is 2.27. The van der Waals surface area contributed by atoms with Crippen LogP contribution in [0.25, 0.3) is 23.0 Å². The fourth-order valence-corrected chi connectivity index (χ4v) is 3.68. The van der Waals surface area contributed by atoms with E-state index in [9.17, 15) is 4.79 Å². The molecular formula is C23H35N7O4. The van der Waals surface area contributed by atoms with Gasteiger partial charge >= 0.3 is 6.09 Å². The lowest BCUT2D eigenvalue weighted by molar-refractivity contribution is 0.104. The molecule has 11 heteroatoms. The van der Waals surface area contributed by atoms with Crippen molar-refractivity contribution >= 4 is 11.9 Å². The molecule has 1 fully saturated rings. The first-order chi connectivity index (χ1) is 16.6. The number of carbonyl (C=O) groups is 1. The number of amides is 1. The second-order valence-corrected chi connectivity index (χ2v) is 7.98. The predicted octanol–water partition coefficient (Wildman–Crippen LogP) is 2.91. The van der Waals surface area contributed by atoms with Crippen LogP contribution in [0.4, 0.5) is 10.6 Å². The number of hydrogen-bond donors (Lipinski definition) is 2. The third-order valence-corrected chi connectivity index (χ3v) is 5.47. The monoisotopic (exact) mass is 473 g/mol. The van der Waals surface area contributed by atoms with Gasteiger partial charge < -0.3 is 29.4 Å². The molecule has 1 aliphatic heterocycles. The normalized spacial score (nSPS) is 15.5. The number of nitrogens with zero attached hydrogens (tertiary/aromatic N) is 5. The number of nitrogens with one attached hydrogen (secondary N) is 2. The van der Waals surface area contributed by atoms with E-state index in [0.29, 0.717) is 61.6 Å². The molecule has 1 aliphatic rings. The van der Waals surface area contributed by atoms with E-state index in [1.54, 1.807) is 13.3 Å². The molecule has 4 rings (SSSR count). The number of aryl methyl sites for hydroxylation is 1. The molecule has 1 atom stereocenters. The van der Waals surface area contributed by atoms with Gasteiger partial charge in [0.25, 0.3) is 5.89 Å². The van der Waals surface area contributed by atoms with Crippen LogP contribution < -0.4 is 15.5 Å². The highest BCUT2D eigenvalue weighted by molar-refractivity contribution is 5.67. The van der Waals surface area contributed by atoms with E-state index in [-0.39, 0.29) is 10.4 Å². The Balaban J connectivity index is 0.00000228. The molecule has 0 saturated carbocycles. The number of hydrogen-bond acceptors (Lipinski definition) is 10. The zero-order valence-corrected chi connectivity index (χ0v) is 19.6. The molecule has 1 saturated heterocycles. The summed E-state index contributed by atoms with van der Waals surface area (Å²) in [6, 6.07) is 7.94. The van der Waals surface area contributed by atoms with Crippen LogP contribution in [0.3, 0.4) is 0 Å². The smallest absolute Gasteiger partial charge is 0.407 e. The van der Waals surface area contributed by atoms with Crippen LogP contribution in [-0.2, 0) is 16.0 Å². The van der Waals surface area contributed by atoms with Crippen molar-refractivity contribution in [1.29, 1.82) is 0 Å². The minimum absolute atomic E-state index is 0. The van der Waals surface area contributed by atoms with Gasteiger partial charge in [-0.3, -0.25) is 4.98 Å². The topological polar surface area (TPSA) is 128 Å². The van der Waals surface area contributed by atoms with Crippen molar-refractivity contribution < 1.29 is 23.0 Å². The number of aromatic nitrogens is 4. The van der Waals surface area contributed by atoms with Gasteiger partial charge in [-0.1, -0.05) is 12.1 Å². The third-order valence-electron chi connectivity index (χ3n) is 5.47. The van der Waals surface area contributed by atoms with Crippen LogP contribution in [0, 0.1) is 6.92 Å². The van der Waals surface area contributed by atoms with Gasteiger partial charge in [-0.05, 0) is 31.7 Å². The Hall–Kier alpha value is -3.57. The molecule has 11 nitrogen and oxygen atoms in total. The predicted molar refractivity (Wildman–Crippen MR) is 132 cm³/mol. The van der Waals surface area contributed by atoms with E-state index in [2.05, 4.69) is 25.8 Å². The van der Waals surface area contributed by atoms with Crippen molar-refractivity contribution in [2.45, 2.75) is 26.0 Å². The second kappa shape index (κ2) is 11.0. The van der Waals surface area contributed by atoms with Crippen LogP contribution in [0.15, 0.2) is 34.9 Å². The van der Waals surface area contributed by atoms with Crippen molar-refractivity contribution in [2.75, 3.05) is 45.3 Å². The van der Waals surface area contributed by atoms with E-state index in [1.807, 2.05) is 43.1 Å². The van der Waals surface area contributed by atoms with E-state index in [0.717, 1.165) is 12.1 Å². The fraction of sp³-hybridized carbons (Fsp3) is 0.435. The Kier molecular flexibility index (Phi) is 7.65. The Labute approximate surface area is 202 Å². The standard InChI is InChI=1S/C23H29N7O4.3H2/c1-15-20(22-29-28-21(34-22)17-6-4-16(5-7-17)12-24-2)27-19(13-26-15)30-10-8-18(14-30)33-23(31)25-9-11-32-3;;;/h4-7,13,18,24H,8-12,14H2,1-3H3,(H,25,31);3*1H/t18-;;;/m1.../s1. The summed E-state index contributed by atoms with van der Waals surface area (Å²) in [7, 11) is 3.49. The average Bonchev–Trinajstić information content (AvgIpc) is 3.51. The van der Waals surface area contributed by atoms with Crippen LogP contribution >= 0.6 is 0 Å². The van der Waals surface area contributed by atoms with Gasteiger partial charge in [0.2, 0.25) is 5.89 Å². The lowest BCUT2D eigenvalue weighted by atomic mass is 10.1. The molecule has 34 heavy (non-hydrogen) atoms. The van der Waals surface area contributed by atoms with Gasteiger partial charge in [0.1, 0.15) is 11.9 Å². The summed E-state index contributed by atoms with van der Waals surface area (Å²) in [5.74, 6) is 1.40. The molecule has 0 aliphatic carbocycles. The number of ether oxygens (including phenoxy) is 2. The maximum absolute atomic E-state index is 11.9. The van der Waals surface area contributed by atoms with Crippen LogP contribution in [0.1, 0.15) is 22.0 Å². The largest absolute Gasteiger partial charge is 0.444 e. The number of methoxy groups -OCH3 is 1. The molecule has 0 bridgehead atoms. The van der Waals surface area contributed by atoms with Crippen molar-refractivity contribution in [3.05, 3.63) is 41.7 Å². The molecule has 2 aromatic heterocycles. The van der Waals surface area contributed by atoms with E-state index < -0.39 is 6.09 Å². The molecule has 3 aromatic rings. The highest BCUT2D eigenvalue weighted by Gasteiger charge is 2.27. The van der Waals surface area contributed by atoms with Gasteiger partial charge in [0.05, 0.1) is 25.0 Å². The maximum Gasteiger partial charge on any atom is 0.407 e. The van der Waals surface area contributed by atoms with Crippen LogP contribution in [0.2, 0.25) is 0 Å². The Bertz CT molecular complexity index is 1120. The zero-order chi connectivity index (χ0) is 23.9. The van der Waals surface area contributed by atoms with E-state index in [1.165, 1.54) is 5.56 Å². The number of anilines is 1. The minimum Gasteiger partial charge on any atom is -0.444 e. The first-order valence-electron chi connectivity index (χ1n) is 11.2. The summed E-state index contributed by atoms with van der Waals surface area (Å²) in [5.41, 5.74) is 3.22. The highest BCUT2D eigenvalue weighted by atomic mass is 16.6. The van der Waals surface area contributed by atoms with E-state index in [4.69, 9.17) is 18.9 Å². The molecule has 1 aromatic carbocycles. The number of benzene rings is 1.